The normalized spacial score (nSPS) is 14.5. The van der Waals surface area contributed by atoms with E-state index in [-0.39, 0.29) is 47.5 Å². The smallest absolute Gasteiger partial charge is 0.293 e. The van der Waals surface area contributed by atoms with Gasteiger partial charge < -0.3 is 14.2 Å². The number of thioether (sulfide) groups is 1. The van der Waals surface area contributed by atoms with Gasteiger partial charge in [0, 0.05) is 5.56 Å². The molecule has 8 heteroatoms. The molecule has 1 saturated heterocycles. The molecule has 4 rings (SSSR count). The van der Waals surface area contributed by atoms with E-state index in [2.05, 4.69) is 13.8 Å². The SMILES string of the molecule is COc1cccc(/C=C2\SC(=O)N(CCOc3cc(C)ccc3C(C)C)C2=O)c1OCc1ccc(F)cc1. The standard InChI is InChI=1S/C30H30FNO5S/c1-19(2)24-13-8-20(3)16-26(24)36-15-14-32-29(33)27(38-30(32)34)17-22-6-5-7-25(35-4)28(22)37-18-21-9-11-23(31)12-10-21/h5-13,16-17,19H,14-15,18H2,1-4H3/b27-17-. The number of amides is 2. The lowest BCUT2D eigenvalue weighted by Gasteiger charge is -2.17. The summed E-state index contributed by atoms with van der Waals surface area (Å²) in [6.07, 6.45) is 1.63. The Kier molecular flexibility index (Phi) is 8.73. The number of hydrogen-bond acceptors (Lipinski definition) is 6. The van der Waals surface area contributed by atoms with Gasteiger partial charge in [-0.05, 0) is 71.6 Å². The van der Waals surface area contributed by atoms with Gasteiger partial charge in [0.05, 0.1) is 18.6 Å². The summed E-state index contributed by atoms with van der Waals surface area (Å²) in [6, 6.07) is 17.4. The molecule has 2 amide bonds. The van der Waals surface area contributed by atoms with Crippen LogP contribution in [0.4, 0.5) is 9.18 Å². The third-order valence-electron chi connectivity index (χ3n) is 6.05. The van der Waals surface area contributed by atoms with Gasteiger partial charge in [0.15, 0.2) is 11.5 Å². The van der Waals surface area contributed by atoms with E-state index >= 15 is 0 Å². The average Bonchev–Trinajstić information content (AvgIpc) is 3.16. The largest absolute Gasteiger partial charge is 0.493 e. The van der Waals surface area contributed by atoms with Crippen molar-refractivity contribution in [3.8, 4) is 17.2 Å². The Morgan fingerprint density at radius 1 is 1.00 bits per heavy atom. The van der Waals surface area contributed by atoms with Crippen molar-refractivity contribution in [2.24, 2.45) is 0 Å². The Balaban J connectivity index is 1.48. The second kappa shape index (κ2) is 12.2. The van der Waals surface area contributed by atoms with Gasteiger partial charge in [0.1, 0.15) is 24.8 Å². The minimum atomic E-state index is -0.385. The fourth-order valence-corrected chi connectivity index (χ4v) is 4.88. The molecule has 0 saturated carbocycles. The Hall–Kier alpha value is -3.78. The molecule has 38 heavy (non-hydrogen) atoms. The van der Waals surface area contributed by atoms with Crippen LogP contribution >= 0.6 is 11.8 Å². The zero-order valence-corrected chi connectivity index (χ0v) is 22.6. The molecule has 0 N–H and O–H groups in total. The van der Waals surface area contributed by atoms with Gasteiger partial charge in [0.2, 0.25) is 0 Å². The first kappa shape index (κ1) is 27.3. The molecular formula is C30H30FNO5S. The number of hydrogen-bond donors (Lipinski definition) is 0. The van der Waals surface area contributed by atoms with Gasteiger partial charge in [-0.2, -0.15) is 0 Å². The van der Waals surface area contributed by atoms with Crippen molar-refractivity contribution >= 4 is 29.0 Å². The predicted octanol–water partition coefficient (Wildman–Crippen LogP) is 6.96. The Morgan fingerprint density at radius 2 is 1.76 bits per heavy atom. The number of nitrogens with zero attached hydrogens (tertiary/aromatic N) is 1. The van der Waals surface area contributed by atoms with E-state index in [9.17, 15) is 14.0 Å². The lowest BCUT2D eigenvalue weighted by molar-refractivity contribution is -0.123. The van der Waals surface area contributed by atoms with E-state index in [1.165, 1.54) is 24.1 Å². The fraction of sp³-hybridized carbons (Fsp3) is 0.267. The minimum absolute atomic E-state index is 0.138. The maximum Gasteiger partial charge on any atom is 0.293 e. The van der Waals surface area contributed by atoms with Crippen LogP contribution in [0.25, 0.3) is 6.08 Å². The highest BCUT2D eigenvalue weighted by molar-refractivity contribution is 8.18. The van der Waals surface area contributed by atoms with Crippen molar-refractivity contribution in [2.75, 3.05) is 20.3 Å². The van der Waals surface area contributed by atoms with Crippen LogP contribution in [0.2, 0.25) is 0 Å². The summed E-state index contributed by atoms with van der Waals surface area (Å²) >= 11 is 0.877. The van der Waals surface area contributed by atoms with Crippen LogP contribution < -0.4 is 14.2 Å². The summed E-state index contributed by atoms with van der Waals surface area (Å²) in [5.41, 5.74) is 3.53. The molecule has 0 spiro atoms. The molecule has 0 aromatic heterocycles. The molecule has 1 fully saturated rings. The zero-order valence-electron chi connectivity index (χ0n) is 21.8. The maximum absolute atomic E-state index is 13.2. The van der Waals surface area contributed by atoms with Gasteiger partial charge in [-0.1, -0.05) is 50.2 Å². The van der Waals surface area contributed by atoms with Gasteiger partial charge in [-0.25, -0.2) is 4.39 Å². The maximum atomic E-state index is 13.2. The summed E-state index contributed by atoms with van der Waals surface area (Å²) in [7, 11) is 1.52. The van der Waals surface area contributed by atoms with E-state index in [0.717, 1.165) is 34.2 Å². The van der Waals surface area contributed by atoms with Crippen molar-refractivity contribution in [1.29, 1.82) is 0 Å². The molecule has 0 aliphatic carbocycles. The molecule has 0 unspecified atom stereocenters. The monoisotopic (exact) mass is 535 g/mol. The number of benzene rings is 3. The highest BCUT2D eigenvalue weighted by atomic mass is 32.2. The van der Waals surface area contributed by atoms with Gasteiger partial charge >= 0.3 is 0 Å². The molecule has 0 radical (unpaired) electrons. The molecule has 3 aromatic rings. The highest BCUT2D eigenvalue weighted by Crippen LogP contribution is 2.38. The Bertz CT molecular complexity index is 1350. The van der Waals surface area contributed by atoms with Gasteiger partial charge in [0.25, 0.3) is 11.1 Å². The summed E-state index contributed by atoms with van der Waals surface area (Å²) < 4.78 is 30.7. The number of halogens is 1. The first-order valence-electron chi connectivity index (χ1n) is 12.3. The van der Waals surface area contributed by atoms with Crippen LogP contribution in [-0.2, 0) is 11.4 Å². The van der Waals surface area contributed by atoms with E-state index in [0.29, 0.717) is 17.1 Å². The van der Waals surface area contributed by atoms with Crippen molar-refractivity contribution in [1.82, 2.24) is 4.90 Å². The van der Waals surface area contributed by atoms with Crippen LogP contribution in [0.15, 0.2) is 65.6 Å². The number of ether oxygens (including phenoxy) is 3. The number of methoxy groups -OCH3 is 1. The quantitative estimate of drug-likeness (QED) is 0.262. The van der Waals surface area contributed by atoms with E-state index in [4.69, 9.17) is 14.2 Å². The summed E-state index contributed by atoms with van der Waals surface area (Å²) in [5, 5.41) is -0.352. The van der Waals surface area contributed by atoms with Gasteiger partial charge in [-0.15, -0.1) is 0 Å². The first-order valence-corrected chi connectivity index (χ1v) is 13.1. The number of rotatable bonds is 10. The number of carbonyl (C=O) groups excluding carboxylic acids is 2. The average molecular weight is 536 g/mol. The highest BCUT2D eigenvalue weighted by Gasteiger charge is 2.35. The molecule has 6 nitrogen and oxygen atoms in total. The van der Waals surface area contributed by atoms with Crippen LogP contribution in [0.1, 0.15) is 42.0 Å². The lowest BCUT2D eigenvalue weighted by atomic mass is 10.0. The molecule has 1 aliphatic rings. The molecule has 0 bridgehead atoms. The summed E-state index contributed by atoms with van der Waals surface area (Å²) in [5.74, 6) is 1.24. The second-order valence-corrected chi connectivity index (χ2v) is 10.2. The van der Waals surface area contributed by atoms with Crippen molar-refractivity contribution in [3.63, 3.8) is 0 Å². The van der Waals surface area contributed by atoms with Crippen LogP contribution in [0.3, 0.4) is 0 Å². The lowest BCUT2D eigenvalue weighted by Crippen LogP contribution is -2.32. The van der Waals surface area contributed by atoms with Crippen molar-refractivity contribution in [3.05, 3.63) is 93.6 Å². The molecular weight excluding hydrogens is 505 g/mol. The second-order valence-electron chi connectivity index (χ2n) is 9.17. The van der Waals surface area contributed by atoms with E-state index < -0.39 is 0 Å². The zero-order chi connectivity index (χ0) is 27.2. The van der Waals surface area contributed by atoms with Crippen molar-refractivity contribution < 1.29 is 28.2 Å². The Morgan fingerprint density at radius 3 is 2.47 bits per heavy atom. The third-order valence-corrected chi connectivity index (χ3v) is 6.96. The number of imide groups is 1. The molecule has 1 heterocycles. The van der Waals surface area contributed by atoms with E-state index in [1.54, 1.807) is 36.4 Å². The molecule has 0 atom stereocenters. The topological polar surface area (TPSA) is 65.1 Å². The summed E-state index contributed by atoms with van der Waals surface area (Å²) in [4.78, 5) is 27.3. The third kappa shape index (κ3) is 6.37. The molecule has 1 aliphatic heterocycles. The first-order chi connectivity index (χ1) is 18.3. The summed E-state index contributed by atoms with van der Waals surface area (Å²) in [6.45, 7) is 6.69. The molecule has 3 aromatic carbocycles. The van der Waals surface area contributed by atoms with Crippen molar-refractivity contribution in [2.45, 2.75) is 33.3 Å². The van der Waals surface area contributed by atoms with Gasteiger partial charge in [-0.3, -0.25) is 14.5 Å². The Labute approximate surface area is 226 Å². The van der Waals surface area contributed by atoms with Crippen LogP contribution in [0.5, 0.6) is 17.2 Å². The number of para-hydroxylation sites is 1. The fourth-order valence-electron chi connectivity index (χ4n) is 4.02. The van der Waals surface area contributed by atoms with Crippen LogP contribution in [-0.4, -0.2) is 36.3 Å². The van der Waals surface area contributed by atoms with Crippen LogP contribution in [0, 0.1) is 12.7 Å². The molecule has 198 valence electrons. The minimum Gasteiger partial charge on any atom is -0.493 e. The number of carbonyl (C=O) groups is 2. The van der Waals surface area contributed by atoms with E-state index in [1.807, 2.05) is 25.1 Å². The number of aryl methyl sites for hydroxylation is 1. The predicted molar refractivity (Wildman–Crippen MR) is 147 cm³/mol.